The molecule has 7 nitrogen and oxygen atoms in total. The highest BCUT2D eigenvalue weighted by Gasteiger charge is 2.33. The molecule has 2 aromatic carbocycles. The van der Waals surface area contributed by atoms with Gasteiger partial charge in [-0.05, 0) is 68.1 Å². The van der Waals surface area contributed by atoms with Gasteiger partial charge in [-0.15, -0.1) is 0 Å². The van der Waals surface area contributed by atoms with Crippen molar-refractivity contribution in [2.45, 2.75) is 37.5 Å². The van der Waals surface area contributed by atoms with Gasteiger partial charge < -0.3 is 10.2 Å². The molecule has 0 aromatic heterocycles. The van der Waals surface area contributed by atoms with E-state index in [2.05, 4.69) is 5.32 Å². The lowest BCUT2D eigenvalue weighted by atomic mass is 9.98. The van der Waals surface area contributed by atoms with Crippen molar-refractivity contribution in [1.82, 2.24) is 4.31 Å². The Morgan fingerprint density at radius 3 is 2.53 bits per heavy atom. The van der Waals surface area contributed by atoms with Crippen LogP contribution in [-0.2, 0) is 19.6 Å². The lowest BCUT2D eigenvalue weighted by Crippen LogP contribution is -2.43. The lowest BCUT2D eigenvalue weighted by molar-refractivity contribution is -0.121. The Morgan fingerprint density at radius 2 is 1.84 bits per heavy atom. The monoisotopic (exact) mass is 459 g/mol. The van der Waals surface area contributed by atoms with Gasteiger partial charge in [0.15, 0.2) is 0 Å². The zero-order chi connectivity index (χ0) is 22.9. The smallest absolute Gasteiger partial charge is 0.243 e. The van der Waals surface area contributed by atoms with Crippen molar-refractivity contribution in [1.29, 1.82) is 0 Å². The topological polar surface area (TPSA) is 86.8 Å². The van der Waals surface area contributed by atoms with E-state index in [1.165, 1.54) is 16.4 Å². The highest BCUT2D eigenvalue weighted by molar-refractivity contribution is 7.89. The minimum atomic E-state index is -3.81. The molecule has 2 amide bonds. The van der Waals surface area contributed by atoms with Crippen molar-refractivity contribution in [2.75, 3.05) is 29.9 Å². The van der Waals surface area contributed by atoms with Gasteiger partial charge in [-0.2, -0.15) is 4.31 Å². The molecule has 0 saturated carbocycles. The molecule has 0 radical (unpaired) electrons. The fraction of sp³-hybridized carbons (Fsp3) is 0.391. The summed E-state index contributed by atoms with van der Waals surface area (Å²) in [6, 6.07) is 10.1. The molecule has 1 atom stereocenters. The van der Waals surface area contributed by atoms with Crippen molar-refractivity contribution in [3.63, 3.8) is 0 Å². The van der Waals surface area contributed by atoms with Crippen LogP contribution in [0.15, 0.2) is 47.4 Å². The molecule has 0 bridgehead atoms. The van der Waals surface area contributed by atoms with Crippen molar-refractivity contribution < 1.29 is 22.4 Å². The molecule has 2 aliphatic rings. The van der Waals surface area contributed by atoms with Crippen molar-refractivity contribution in [3.8, 4) is 0 Å². The Bertz CT molecular complexity index is 1130. The van der Waals surface area contributed by atoms with Gasteiger partial charge in [0.25, 0.3) is 0 Å². The predicted octanol–water partition coefficient (Wildman–Crippen LogP) is 3.30. The maximum Gasteiger partial charge on any atom is 0.243 e. The zero-order valence-corrected chi connectivity index (χ0v) is 18.7. The van der Waals surface area contributed by atoms with Crippen LogP contribution < -0.4 is 10.2 Å². The summed E-state index contributed by atoms with van der Waals surface area (Å²) in [6.07, 6.45) is 2.47. The molecule has 0 spiro atoms. The van der Waals surface area contributed by atoms with Crippen molar-refractivity contribution in [2.24, 2.45) is 5.92 Å². The third-order valence-electron chi connectivity index (χ3n) is 6.05. The Hall–Kier alpha value is -2.78. The number of hydrogen-bond acceptors (Lipinski definition) is 4. The summed E-state index contributed by atoms with van der Waals surface area (Å²) in [5.41, 5.74) is 2.32. The predicted molar refractivity (Wildman–Crippen MR) is 119 cm³/mol. The minimum absolute atomic E-state index is 0.0124. The number of anilines is 2. The van der Waals surface area contributed by atoms with Gasteiger partial charge in [-0.1, -0.05) is 6.07 Å². The molecule has 1 N–H and O–H groups in total. The van der Waals surface area contributed by atoms with Crippen LogP contribution in [-0.4, -0.2) is 44.2 Å². The number of nitrogens with one attached hydrogen (secondary N) is 1. The SMILES string of the molecule is Cc1ccc(NC(=O)[C@@H]2CCCN(S(=O)(=O)c3ccc(F)cc3)C2)cc1N1CCCC1=O. The maximum atomic E-state index is 13.2. The Morgan fingerprint density at radius 1 is 1.09 bits per heavy atom. The van der Waals surface area contributed by atoms with Gasteiger partial charge in [0.05, 0.1) is 10.8 Å². The highest BCUT2D eigenvalue weighted by Crippen LogP contribution is 2.29. The molecular formula is C23H26FN3O4S. The van der Waals surface area contributed by atoms with Gasteiger partial charge in [0, 0.05) is 37.4 Å². The fourth-order valence-electron chi connectivity index (χ4n) is 4.26. The summed E-state index contributed by atoms with van der Waals surface area (Å²) in [5.74, 6) is -1.19. The molecule has 170 valence electrons. The van der Waals surface area contributed by atoms with E-state index in [9.17, 15) is 22.4 Å². The molecule has 0 aliphatic carbocycles. The molecule has 0 unspecified atom stereocenters. The molecule has 2 saturated heterocycles. The van der Waals surface area contributed by atoms with Crippen LogP contribution in [0.5, 0.6) is 0 Å². The van der Waals surface area contributed by atoms with Gasteiger partial charge in [-0.25, -0.2) is 12.8 Å². The molecule has 2 fully saturated rings. The first-order chi connectivity index (χ1) is 15.3. The van der Waals surface area contributed by atoms with Gasteiger partial charge >= 0.3 is 0 Å². The summed E-state index contributed by atoms with van der Waals surface area (Å²) in [7, 11) is -3.81. The number of carbonyl (C=O) groups is 2. The van der Waals surface area contributed by atoms with E-state index in [0.29, 0.717) is 38.0 Å². The first kappa shape index (κ1) is 22.4. The standard InChI is InChI=1S/C23H26FN3O4S/c1-16-6-9-19(14-21(16)27-13-3-5-22(27)28)25-23(29)17-4-2-12-26(15-17)32(30,31)20-10-7-18(24)8-11-20/h6-11,14,17H,2-5,12-13,15H2,1H3,(H,25,29)/t17-/m1/s1. The minimum Gasteiger partial charge on any atom is -0.326 e. The number of piperidine rings is 1. The molecule has 9 heteroatoms. The number of hydrogen-bond donors (Lipinski definition) is 1. The van der Waals surface area contributed by atoms with Crippen molar-refractivity contribution in [3.05, 3.63) is 53.8 Å². The normalized spacial score (nSPS) is 19.9. The first-order valence-corrected chi connectivity index (χ1v) is 12.2. The second-order valence-corrected chi connectivity index (χ2v) is 10.2. The number of amides is 2. The number of benzene rings is 2. The summed E-state index contributed by atoms with van der Waals surface area (Å²) in [6.45, 7) is 2.96. The van der Waals surface area contributed by atoms with Gasteiger partial charge in [0.2, 0.25) is 21.8 Å². The van der Waals surface area contributed by atoms with E-state index in [-0.39, 0.29) is 23.3 Å². The van der Waals surface area contributed by atoms with E-state index < -0.39 is 21.8 Å². The third-order valence-corrected chi connectivity index (χ3v) is 7.93. The number of halogens is 1. The first-order valence-electron chi connectivity index (χ1n) is 10.7. The molecule has 2 aromatic rings. The maximum absolute atomic E-state index is 13.2. The van der Waals surface area contributed by atoms with Crippen LogP contribution in [0, 0.1) is 18.7 Å². The lowest BCUT2D eigenvalue weighted by Gasteiger charge is -2.31. The number of aryl methyl sites for hydroxylation is 1. The molecule has 4 rings (SSSR count). The van der Waals surface area contributed by atoms with Crippen LogP contribution in [0.4, 0.5) is 15.8 Å². The summed E-state index contributed by atoms with van der Waals surface area (Å²) >= 11 is 0. The third kappa shape index (κ3) is 4.54. The summed E-state index contributed by atoms with van der Waals surface area (Å²) in [4.78, 5) is 26.8. The van der Waals surface area contributed by atoms with Gasteiger partial charge in [-0.3, -0.25) is 9.59 Å². The van der Waals surface area contributed by atoms with E-state index >= 15 is 0 Å². The molecular weight excluding hydrogens is 433 g/mol. The van der Waals surface area contributed by atoms with Gasteiger partial charge in [0.1, 0.15) is 5.82 Å². The van der Waals surface area contributed by atoms with E-state index in [1.54, 1.807) is 17.0 Å². The Balaban J connectivity index is 1.47. The average Bonchev–Trinajstić information content (AvgIpc) is 3.21. The van der Waals surface area contributed by atoms with Crippen LogP contribution >= 0.6 is 0 Å². The van der Waals surface area contributed by atoms with Crippen LogP contribution in [0.1, 0.15) is 31.2 Å². The fourth-order valence-corrected chi connectivity index (χ4v) is 5.78. The van der Waals surface area contributed by atoms with E-state index in [0.717, 1.165) is 29.8 Å². The van der Waals surface area contributed by atoms with Crippen LogP contribution in [0.2, 0.25) is 0 Å². The highest BCUT2D eigenvalue weighted by atomic mass is 32.2. The quantitative estimate of drug-likeness (QED) is 0.743. The second kappa shape index (κ2) is 8.99. The van der Waals surface area contributed by atoms with E-state index in [4.69, 9.17) is 0 Å². The summed E-state index contributed by atoms with van der Waals surface area (Å²) < 4.78 is 40.3. The van der Waals surface area contributed by atoms with E-state index in [1.807, 2.05) is 13.0 Å². The number of carbonyl (C=O) groups excluding carboxylic acids is 2. The second-order valence-electron chi connectivity index (χ2n) is 8.30. The molecule has 2 heterocycles. The zero-order valence-electron chi connectivity index (χ0n) is 17.9. The molecule has 32 heavy (non-hydrogen) atoms. The number of rotatable bonds is 5. The summed E-state index contributed by atoms with van der Waals surface area (Å²) in [5, 5.41) is 2.89. The number of sulfonamides is 1. The molecule has 2 aliphatic heterocycles. The van der Waals surface area contributed by atoms with Crippen LogP contribution in [0.25, 0.3) is 0 Å². The van der Waals surface area contributed by atoms with Crippen LogP contribution in [0.3, 0.4) is 0 Å². The largest absolute Gasteiger partial charge is 0.326 e. The average molecular weight is 460 g/mol. The number of nitrogens with zero attached hydrogens (tertiary/aromatic N) is 2. The van der Waals surface area contributed by atoms with Crippen molar-refractivity contribution >= 4 is 33.2 Å². The Labute approximate surface area is 187 Å². The Kier molecular flexibility index (Phi) is 6.30.